The molecule has 4 aromatic rings. The molecule has 0 aliphatic heterocycles. The van der Waals surface area contributed by atoms with E-state index in [1.807, 2.05) is 23.6 Å². The van der Waals surface area contributed by atoms with E-state index in [0.717, 1.165) is 10.4 Å². The van der Waals surface area contributed by atoms with E-state index in [1.54, 1.807) is 25.5 Å². The number of aryl methyl sites for hydroxylation is 1. The first-order valence-corrected chi connectivity index (χ1v) is 8.42. The number of thiophene rings is 1. The second-order valence-electron chi connectivity index (χ2n) is 5.50. The Hall–Kier alpha value is -3.13. The Labute approximate surface area is 145 Å². The summed E-state index contributed by atoms with van der Waals surface area (Å²) in [5.74, 6) is 0.502. The number of aromatic nitrogens is 5. The molecule has 0 aliphatic carbocycles. The lowest BCUT2D eigenvalue weighted by molar-refractivity contribution is 0.655. The third-order valence-electron chi connectivity index (χ3n) is 3.88. The quantitative estimate of drug-likeness (QED) is 0.561. The molecule has 0 radical (unpaired) electrons. The average Bonchev–Trinajstić information content (AvgIpc) is 3.18. The van der Waals surface area contributed by atoms with E-state index in [9.17, 15) is 9.59 Å². The van der Waals surface area contributed by atoms with Crippen molar-refractivity contribution in [3.05, 3.63) is 74.6 Å². The smallest absolute Gasteiger partial charge is 0.280 e. The molecular weight excluding hydrogens is 338 g/mol. The van der Waals surface area contributed by atoms with E-state index in [2.05, 4.69) is 15.0 Å². The minimum Gasteiger partial charge on any atom is -0.280 e. The van der Waals surface area contributed by atoms with E-state index in [-0.39, 0.29) is 6.54 Å². The molecule has 0 fully saturated rings. The molecule has 124 valence electrons. The van der Waals surface area contributed by atoms with Gasteiger partial charge in [-0.15, -0.1) is 11.3 Å². The van der Waals surface area contributed by atoms with Crippen LogP contribution in [0.25, 0.3) is 21.7 Å². The van der Waals surface area contributed by atoms with Gasteiger partial charge in [-0.2, -0.15) is 0 Å². The lowest BCUT2D eigenvalue weighted by Crippen LogP contribution is -2.39. The highest BCUT2D eigenvalue weighted by Gasteiger charge is 2.14. The third kappa shape index (κ3) is 2.66. The monoisotopic (exact) mass is 351 g/mol. The number of fused-ring (bicyclic) bond motifs is 1. The van der Waals surface area contributed by atoms with Gasteiger partial charge in [0, 0.05) is 25.6 Å². The first kappa shape index (κ1) is 15.4. The molecule has 0 atom stereocenters. The lowest BCUT2D eigenvalue weighted by atomic mass is 10.3. The molecule has 0 aromatic carbocycles. The van der Waals surface area contributed by atoms with Crippen molar-refractivity contribution in [1.29, 1.82) is 0 Å². The van der Waals surface area contributed by atoms with Crippen LogP contribution in [0.15, 0.2) is 57.8 Å². The number of hydrogen-bond acceptors (Lipinski definition) is 6. The minimum absolute atomic E-state index is 0.155. The third-order valence-corrected chi connectivity index (χ3v) is 4.75. The Kier molecular flexibility index (Phi) is 3.73. The van der Waals surface area contributed by atoms with Gasteiger partial charge in [0.25, 0.3) is 5.56 Å². The average molecular weight is 351 g/mol. The predicted molar refractivity (Wildman–Crippen MR) is 95.7 cm³/mol. The summed E-state index contributed by atoms with van der Waals surface area (Å²) in [6.07, 6.45) is 4.76. The summed E-state index contributed by atoms with van der Waals surface area (Å²) in [6.45, 7) is 0.155. The van der Waals surface area contributed by atoms with Crippen molar-refractivity contribution < 1.29 is 0 Å². The molecule has 0 amide bonds. The Morgan fingerprint density at radius 3 is 2.76 bits per heavy atom. The van der Waals surface area contributed by atoms with Gasteiger partial charge in [0.1, 0.15) is 5.39 Å². The van der Waals surface area contributed by atoms with E-state index in [4.69, 9.17) is 0 Å². The highest BCUT2D eigenvalue weighted by atomic mass is 32.1. The predicted octanol–water partition coefficient (Wildman–Crippen LogP) is 1.66. The van der Waals surface area contributed by atoms with Crippen molar-refractivity contribution in [2.24, 2.45) is 7.05 Å². The number of pyridine rings is 1. The van der Waals surface area contributed by atoms with Crippen LogP contribution in [0.4, 0.5) is 0 Å². The Bertz CT molecular complexity index is 1160. The topological polar surface area (TPSA) is 82.7 Å². The summed E-state index contributed by atoms with van der Waals surface area (Å²) in [5.41, 5.74) is 0.282. The summed E-state index contributed by atoms with van der Waals surface area (Å²) in [5, 5.41) is 2.24. The molecule has 0 saturated heterocycles. The zero-order valence-corrected chi connectivity index (χ0v) is 14.1. The molecule has 4 rings (SSSR count). The minimum atomic E-state index is -0.419. The second kappa shape index (κ2) is 6.06. The molecule has 4 heterocycles. The molecule has 25 heavy (non-hydrogen) atoms. The molecule has 7 nitrogen and oxygen atoms in total. The van der Waals surface area contributed by atoms with Crippen LogP contribution in [-0.2, 0) is 13.6 Å². The molecule has 8 heteroatoms. The largest absolute Gasteiger partial charge is 0.332 e. The lowest BCUT2D eigenvalue weighted by Gasteiger charge is -2.10. The Morgan fingerprint density at radius 1 is 1.16 bits per heavy atom. The van der Waals surface area contributed by atoms with Gasteiger partial charge >= 0.3 is 5.69 Å². The van der Waals surface area contributed by atoms with Crippen LogP contribution in [0.5, 0.6) is 0 Å². The maximum atomic E-state index is 12.8. The van der Waals surface area contributed by atoms with Crippen molar-refractivity contribution in [2.45, 2.75) is 6.54 Å². The molecule has 0 unspecified atom stereocenters. The SMILES string of the molecule is Cn1c(=O)n(Cc2cccnc2)c(=O)c2cnc(-c3cccs3)nc21. The second-order valence-corrected chi connectivity index (χ2v) is 6.45. The number of nitrogens with zero attached hydrogens (tertiary/aromatic N) is 5. The molecule has 0 aliphatic rings. The van der Waals surface area contributed by atoms with Crippen molar-refractivity contribution in [3.63, 3.8) is 0 Å². The number of rotatable bonds is 3. The summed E-state index contributed by atoms with van der Waals surface area (Å²) >= 11 is 1.50. The maximum Gasteiger partial charge on any atom is 0.332 e. The Morgan fingerprint density at radius 2 is 2.04 bits per heavy atom. The molecule has 4 aromatic heterocycles. The van der Waals surface area contributed by atoms with Gasteiger partial charge in [-0.25, -0.2) is 14.8 Å². The van der Waals surface area contributed by atoms with Crippen molar-refractivity contribution in [1.82, 2.24) is 24.1 Å². The van der Waals surface area contributed by atoms with Crippen LogP contribution < -0.4 is 11.2 Å². The van der Waals surface area contributed by atoms with E-state index in [1.165, 1.54) is 26.7 Å². The molecule has 0 saturated carbocycles. The highest BCUT2D eigenvalue weighted by Crippen LogP contribution is 2.21. The van der Waals surface area contributed by atoms with Gasteiger partial charge in [0.05, 0.1) is 11.4 Å². The summed E-state index contributed by atoms with van der Waals surface area (Å²) in [7, 11) is 1.61. The van der Waals surface area contributed by atoms with Gasteiger partial charge in [-0.05, 0) is 23.1 Å². The summed E-state index contributed by atoms with van der Waals surface area (Å²) in [6, 6.07) is 7.38. The summed E-state index contributed by atoms with van der Waals surface area (Å²) < 4.78 is 2.55. The number of hydrogen-bond donors (Lipinski definition) is 0. The van der Waals surface area contributed by atoms with Crippen LogP contribution in [0.3, 0.4) is 0 Å². The van der Waals surface area contributed by atoms with Crippen molar-refractivity contribution in [2.75, 3.05) is 0 Å². The highest BCUT2D eigenvalue weighted by molar-refractivity contribution is 7.13. The maximum absolute atomic E-state index is 12.8. The van der Waals surface area contributed by atoms with Gasteiger partial charge in [-0.1, -0.05) is 12.1 Å². The van der Waals surface area contributed by atoms with Crippen LogP contribution >= 0.6 is 11.3 Å². The standard InChI is InChI=1S/C17H13N5O2S/c1-21-15-12(9-19-14(20-15)13-5-3-7-25-13)16(23)22(17(21)24)10-11-4-2-6-18-8-11/h2-9H,10H2,1H3. The van der Waals surface area contributed by atoms with Crippen LogP contribution in [0.1, 0.15) is 5.56 Å². The first-order chi connectivity index (χ1) is 12.1. The van der Waals surface area contributed by atoms with Crippen molar-refractivity contribution >= 4 is 22.4 Å². The Balaban J connectivity index is 1.91. The van der Waals surface area contributed by atoms with Crippen molar-refractivity contribution in [3.8, 4) is 10.7 Å². The summed E-state index contributed by atoms with van der Waals surface area (Å²) in [4.78, 5) is 39.0. The van der Waals surface area contributed by atoms with Crippen LogP contribution in [0, 0.1) is 0 Å². The van der Waals surface area contributed by atoms with E-state index >= 15 is 0 Å². The van der Waals surface area contributed by atoms with E-state index in [0.29, 0.717) is 16.9 Å². The fourth-order valence-corrected chi connectivity index (χ4v) is 3.29. The van der Waals surface area contributed by atoms with Crippen LogP contribution in [-0.4, -0.2) is 24.1 Å². The zero-order chi connectivity index (χ0) is 17.4. The molecular formula is C17H13N5O2S. The first-order valence-electron chi connectivity index (χ1n) is 7.54. The molecule has 0 N–H and O–H groups in total. The van der Waals surface area contributed by atoms with Crippen LogP contribution in [0.2, 0.25) is 0 Å². The fraction of sp³-hybridized carbons (Fsp3) is 0.118. The van der Waals surface area contributed by atoms with Gasteiger partial charge < -0.3 is 0 Å². The zero-order valence-electron chi connectivity index (χ0n) is 13.3. The van der Waals surface area contributed by atoms with E-state index < -0.39 is 11.2 Å². The normalized spacial score (nSPS) is 11.1. The molecule has 0 spiro atoms. The fourth-order valence-electron chi connectivity index (χ4n) is 2.62. The van der Waals surface area contributed by atoms with Gasteiger partial charge in [0.15, 0.2) is 11.5 Å². The van der Waals surface area contributed by atoms with Gasteiger partial charge in [0.2, 0.25) is 0 Å². The van der Waals surface area contributed by atoms with Gasteiger partial charge in [-0.3, -0.25) is 18.9 Å². The molecule has 0 bridgehead atoms.